The minimum absolute atomic E-state index is 0.129. The van der Waals surface area contributed by atoms with Gasteiger partial charge in [-0.25, -0.2) is 9.98 Å². The molecule has 2 rings (SSSR count). The van der Waals surface area contributed by atoms with Crippen LogP contribution in [0.4, 0.5) is 0 Å². The number of ether oxygens (including phenoxy) is 1. The van der Waals surface area contributed by atoms with E-state index in [0.29, 0.717) is 18.2 Å². The van der Waals surface area contributed by atoms with Crippen molar-refractivity contribution in [1.82, 2.24) is 9.97 Å². The van der Waals surface area contributed by atoms with Gasteiger partial charge in [0.1, 0.15) is 12.3 Å². The molecule has 0 aromatic carbocycles. The molecule has 0 N–H and O–H groups in total. The van der Waals surface area contributed by atoms with Gasteiger partial charge in [-0.1, -0.05) is 20.8 Å². The topological polar surface area (TPSA) is 47.4 Å². The number of aromatic nitrogens is 2. The highest BCUT2D eigenvalue weighted by Crippen LogP contribution is 2.26. The van der Waals surface area contributed by atoms with Gasteiger partial charge in [-0.2, -0.15) is 0 Å². The van der Waals surface area contributed by atoms with Crippen molar-refractivity contribution in [1.29, 1.82) is 0 Å². The monoisotopic (exact) mass is 205 g/mol. The van der Waals surface area contributed by atoms with Crippen molar-refractivity contribution in [3.63, 3.8) is 0 Å². The second kappa shape index (κ2) is 3.61. The van der Waals surface area contributed by atoms with Gasteiger partial charge in [0.25, 0.3) is 0 Å². The molecular formula is C11H15N3O. The van der Waals surface area contributed by atoms with Crippen LogP contribution >= 0.6 is 0 Å². The zero-order chi connectivity index (χ0) is 10.9. The summed E-state index contributed by atoms with van der Waals surface area (Å²) in [6, 6.07) is 0.203. The normalized spacial score (nSPS) is 21.0. The first kappa shape index (κ1) is 10.1. The first-order valence-electron chi connectivity index (χ1n) is 5.04. The van der Waals surface area contributed by atoms with E-state index in [-0.39, 0.29) is 11.5 Å². The Balaban J connectivity index is 2.21. The van der Waals surface area contributed by atoms with E-state index in [1.54, 1.807) is 18.6 Å². The van der Waals surface area contributed by atoms with Crippen molar-refractivity contribution in [3.8, 4) is 0 Å². The van der Waals surface area contributed by atoms with Crippen molar-refractivity contribution >= 4 is 5.90 Å². The average molecular weight is 205 g/mol. The molecule has 15 heavy (non-hydrogen) atoms. The Morgan fingerprint density at radius 1 is 1.33 bits per heavy atom. The Morgan fingerprint density at radius 2 is 2.13 bits per heavy atom. The third-order valence-electron chi connectivity index (χ3n) is 2.43. The Bertz CT molecular complexity index is 367. The van der Waals surface area contributed by atoms with Crippen LogP contribution in [0.3, 0.4) is 0 Å². The smallest absolute Gasteiger partial charge is 0.237 e. The molecule has 1 unspecified atom stereocenters. The molecule has 1 aliphatic heterocycles. The molecule has 0 spiro atoms. The fraction of sp³-hybridized carbons (Fsp3) is 0.545. The van der Waals surface area contributed by atoms with Crippen LogP contribution < -0.4 is 0 Å². The van der Waals surface area contributed by atoms with Gasteiger partial charge in [-0.05, 0) is 5.41 Å². The van der Waals surface area contributed by atoms with Crippen LogP contribution in [0.2, 0.25) is 0 Å². The predicted octanol–water partition coefficient (Wildman–Crippen LogP) is 1.67. The molecule has 2 heterocycles. The molecule has 0 saturated heterocycles. The molecule has 4 heteroatoms. The van der Waals surface area contributed by atoms with Gasteiger partial charge in [0, 0.05) is 12.4 Å². The quantitative estimate of drug-likeness (QED) is 0.700. The maximum atomic E-state index is 5.53. The highest BCUT2D eigenvalue weighted by Gasteiger charge is 2.30. The van der Waals surface area contributed by atoms with Crippen molar-refractivity contribution in [3.05, 3.63) is 24.3 Å². The molecule has 0 radical (unpaired) electrons. The molecule has 0 bridgehead atoms. The van der Waals surface area contributed by atoms with Crippen LogP contribution in [0, 0.1) is 5.41 Å². The molecule has 1 aromatic heterocycles. The van der Waals surface area contributed by atoms with Gasteiger partial charge in [-0.3, -0.25) is 4.98 Å². The van der Waals surface area contributed by atoms with E-state index in [2.05, 4.69) is 35.7 Å². The molecule has 0 aliphatic carbocycles. The highest BCUT2D eigenvalue weighted by atomic mass is 16.5. The van der Waals surface area contributed by atoms with Crippen molar-refractivity contribution in [2.75, 3.05) is 6.61 Å². The molecule has 4 nitrogen and oxygen atoms in total. The van der Waals surface area contributed by atoms with E-state index >= 15 is 0 Å². The van der Waals surface area contributed by atoms with Crippen molar-refractivity contribution in [2.24, 2.45) is 10.4 Å². The maximum Gasteiger partial charge on any atom is 0.237 e. The summed E-state index contributed by atoms with van der Waals surface area (Å²) in [6.45, 7) is 7.10. The van der Waals surface area contributed by atoms with E-state index in [0.717, 1.165) is 0 Å². The molecule has 0 fully saturated rings. The lowest BCUT2D eigenvalue weighted by atomic mass is 9.88. The van der Waals surface area contributed by atoms with E-state index < -0.39 is 0 Å². The van der Waals surface area contributed by atoms with Crippen molar-refractivity contribution < 1.29 is 4.74 Å². The summed E-state index contributed by atoms with van der Waals surface area (Å²) in [6.07, 6.45) is 4.95. The van der Waals surface area contributed by atoms with E-state index in [1.165, 1.54) is 0 Å². The second-order valence-electron chi connectivity index (χ2n) is 4.72. The van der Waals surface area contributed by atoms with Crippen LogP contribution in [0.25, 0.3) is 0 Å². The van der Waals surface area contributed by atoms with Crippen LogP contribution in [0.5, 0.6) is 0 Å². The number of hydrogen-bond donors (Lipinski definition) is 0. The minimum Gasteiger partial charge on any atom is -0.474 e. The number of rotatable bonds is 1. The van der Waals surface area contributed by atoms with Crippen LogP contribution in [-0.2, 0) is 4.74 Å². The van der Waals surface area contributed by atoms with E-state index in [4.69, 9.17) is 4.74 Å². The predicted molar refractivity (Wildman–Crippen MR) is 57.8 cm³/mol. The Morgan fingerprint density at radius 3 is 2.67 bits per heavy atom. The van der Waals surface area contributed by atoms with Gasteiger partial charge >= 0.3 is 0 Å². The van der Waals surface area contributed by atoms with E-state index in [9.17, 15) is 0 Å². The van der Waals surface area contributed by atoms with Gasteiger partial charge in [0.05, 0.1) is 12.2 Å². The summed E-state index contributed by atoms with van der Waals surface area (Å²) in [5, 5.41) is 0. The number of nitrogens with zero attached hydrogens (tertiary/aromatic N) is 3. The van der Waals surface area contributed by atoms with Crippen molar-refractivity contribution in [2.45, 2.75) is 26.8 Å². The number of aliphatic imine (C=N–C) groups is 1. The SMILES string of the molecule is CC(C)(C)C1COC(c2cnccn2)=N1. The zero-order valence-electron chi connectivity index (χ0n) is 9.27. The summed E-state index contributed by atoms with van der Waals surface area (Å²) in [7, 11) is 0. The summed E-state index contributed by atoms with van der Waals surface area (Å²) in [5.41, 5.74) is 0.841. The summed E-state index contributed by atoms with van der Waals surface area (Å²) >= 11 is 0. The van der Waals surface area contributed by atoms with Crippen LogP contribution in [-0.4, -0.2) is 28.5 Å². The summed E-state index contributed by atoms with van der Waals surface area (Å²) in [5.74, 6) is 0.614. The lowest BCUT2D eigenvalue weighted by Gasteiger charge is -2.21. The molecule has 80 valence electrons. The summed E-state index contributed by atoms with van der Waals surface area (Å²) in [4.78, 5) is 12.7. The third kappa shape index (κ3) is 2.14. The maximum absolute atomic E-state index is 5.53. The Hall–Kier alpha value is -1.45. The molecule has 0 amide bonds. The average Bonchev–Trinajstić information content (AvgIpc) is 2.67. The first-order valence-corrected chi connectivity index (χ1v) is 5.04. The molecule has 1 atom stereocenters. The third-order valence-corrected chi connectivity index (χ3v) is 2.43. The van der Waals surface area contributed by atoms with Crippen LogP contribution in [0.15, 0.2) is 23.6 Å². The lowest BCUT2D eigenvalue weighted by molar-refractivity contribution is 0.235. The van der Waals surface area contributed by atoms with Gasteiger partial charge in [-0.15, -0.1) is 0 Å². The largest absolute Gasteiger partial charge is 0.474 e. The zero-order valence-corrected chi connectivity index (χ0v) is 9.27. The standard InChI is InChI=1S/C11H15N3O/c1-11(2,3)9-7-15-10(14-9)8-6-12-4-5-13-8/h4-6,9H,7H2,1-3H3. The molecule has 0 saturated carbocycles. The highest BCUT2D eigenvalue weighted by molar-refractivity contribution is 5.92. The number of hydrogen-bond acceptors (Lipinski definition) is 4. The first-order chi connectivity index (χ1) is 7.07. The van der Waals surface area contributed by atoms with Crippen LogP contribution in [0.1, 0.15) is 26.5 Å². The van der Waals surface area contributed by atoms with Gasteiger partial charge < -0.3 is 4.74 Å². The minimum atomic E-state index is 0.129. The summed E-state index contributed by atoms with van der Waals surface area (Å²) < 4.78 is 5.53. The Kier molecular flexibility index (Phi) is 2.42. The fourth-order valence-corrected chi connectivity index (χ4v) is 1.37. The second-order valence-corrected chi connectivity index (χ2v) is 4.72. The van der Waals surface area contributed by atoms with E-state index in [1.807, 2.05) is 0 Å². The van der Waals surface area contributed by atoms with Gasteiger partial charge in [0.2, 0.25) is 5.90 Å². The molecule has 1 aromatic rings. The van der Waals surface area contributed by atoms with Gasteiger partial charge in [0.15, 0.2) is 0 Å². The molecule has 1 aliphatic rings. The Labute approximate surface area is 89.4 Å². The molecular weight excluding hydrogens is 190 g/mol. The fourth-order valence-electron chi connectivity index (χ4n) is 1.37. The lowest BCUT2D eigenvalue weighted by Crippen LogP contribution is -2.25.